The van der Waals surface area contributed by atoms with Gasteiger partial charge in [0.15, 0.2) is 0 Å². The summed E-state index contributed by atoms with van der Waals surface area (Å²) in [5.74, 6) is 1.25. The van der Waals surface area contributed by atoms with Crippen LogP contribution >= 0.6 is 11.8 Å². The van der Waals surface area contributed by atoms with Gasteiger partial charge in [0.2, 0.25) is 5.91 Å². The first-order valence-electron chi connectivity index (χ1n) is 8.79. The number of amides is 1. The van der Waals surface area contributed by atoms with Gasteiger partial charge >= 0.3 is 0 Å². The Morgan fingerprint density at radius 1 is 1.05 bits per heavy atom. The number of piperidine rings is 1. The highest BCUT2D eigenvalue weighted by Gasteiger charge is 2.27. The molecule has 2 heterocycles. The van der Waals surface area contributed by atoms with E-state index in [1.807, 2.05) is 25.6 Å². The Morgan fingerprint density at radius 3 is 2.14 bits per heavy atom. The number of hydrogen-bond acceptors (Lipinski definition) is 4. The molecule has 5 heteroatoms. The molecule has 2 rings (SSSR count). The van der Waals surface area contributed by atoms with Crippen molar-refractivity contribution in [2.24, 2.45) is 11.8 Å². The highest BCUT2D eigenvalue weighted by molar-refractivity contribution is 7.99. The molecule has 0 N–H and O–H groups in total. The van der Waals surface area contributed by atoms with Crippen LogP contribution in [0.4, 0.5) is 0 Å². The Bertz CT molecular complexity index is 348. The van der Waals surface area contributed by atoms with Gasteiger partial charge in [0.1, 0.15) is 0 Å². The summed E-state index contributed by atoms with van der Waals surface area (Å²) in [6.45, 7) is 14.3. The fourth-order valence-corrected chi connectivity index (χ4v) is 4.03. The summed E-state index contributed by atoms with van der Waals surface area (Å²) in [6.07, 6.45) is 4.56. The molecule has 1 unspecified atom stereocenters. The molecule has 2 aliphatic heterocycles. The summed E-state index contributed by atoms with van der Waals surface area (Å²) in [5, 5.41) is 0.646. The van der Waals surface area contributed by atoms with E-state index < -0.39 is 0 Å². The van der Waals surface area contributed by atoms with E-state index in [2.05, 4.69) is 27.9 Å². The molecule has 0 aromatic heterocycles. The zero-order valence-corrected chi connectivity index (χ0v) is 15.6. The average molecular weight is 328 g/mol. The molecule has 1 atom stereocenters. The van der Waals surface area contributed by atoms with Gasteiger partial charge in [0.25, 0.3) is 0 Å². The molecular weight excluding hydrogens is 294 g/mol. The molecule has 0 spiro atoms. The third-order valence-corrected chi connectivity index (χ3v) is 6.18. The number of hydrogen-bond donors (Lipinski definition) is 0. The van der Waals surface area contributed by atoms with Gasteiger partial charge in [-0.1, -0.05) is 13.8 Å². The molecule has 2 saturated heterocycles. The first-order chi connectivity index (χ1) is 10.5. The summed E-state index contributed by atoms with van der Waals surface area (Å²) in [7, 11) is 0. The highest BCUT2D eigenvalue weighted by Crippen LogP contribution is 2.21. The largest absolute Gasteiger partial charge is 0.342 e. The predicted molar refractivity (Wildman–Crippen MR) is 95.1 cm³/mol. The van der Waals surface area contributed by atoms with Crippen molar-refractivity contribution >= 4 is 17.7 Å². The van der Waals surface area contributed by atoms with Crippen molar-refractivity contribution < 1.29 is 4.79 Å². The minimum absolute atomic E-state index is 0.142. The zero-order chi connectivity index (χ0) is 16.1. The lowest BCUT2D eigenvalue weighted by atomic mass is 9.95. The average Bonchev–Trinajstić information content (AvgIpc) is 2.54. The lowest BCUT2D eigenvalue weighted by Crippen LogP contribution is -2.50. The van der Waals surface area contributed by atoms with E-state index >= 15 is 0 Å². The maximum atomic E-state index is 12.0. The maximum absolute atomic E-state index is 12.0. The molecule has 0 aromatic rings. The molecule has 0 aliphatic carbocycles. The predicted octanol–water partition coefficient (Wildman–Crippen LogP) is 2.21. The summed E-state index contributed by atoms with van der Waals surface area (Å²) in [6, 6.07) is 0. The first kappa shape index (κ1) is 18.1. The van der Waals surface area contributed by atoms with Gasteiger partial charge in [-0.05, 0) is 31.9 Å². The highest BCUT2D eigenvalue weighted by atomic mass is 32.2. The van der Waals surface area contributed by atoms with Crippen LogP contribution in [0.25, 0.3) is 0 Å². The molecular formula is C17H33N3OS. The Balaban J connectivity index is 1.68. The smallest absolute Gasteiger partial charge is 0.225 e. The fraction of sp³-hybridized carbons (Fsp3) is 0.941. The van der Waals surface area contributed by atoms with Crippen molar-refractivity contribution in [3.63, 3.8) is 0 Å². The van der Waals surface area contributed by atoms with E-state index in [1.54, 1.807) is 0 Å². The van der Waals surface area contributed by atoms with Gasteiger partial charge in [-0.25, -0.2) is 0 Å². The monoisotopic (exact) mass is 327 g/mol. The topological polar surface area (TPSA) is 26.8 Å². The second-order valence-corrected chi connectivity index (χ2v) is 8.25. The minimum atomic E-state index is 0.142. The van der Waals surface area contributed by atoms with Gasteiger partial charge in [0.05, 0.1) is 5.37 Å². The summed E-state index contributed by atoms with van der Waals surface area (Å²) in [4.78, 5) is 19.3. The van der Waals surface area contributed by atoms with Crippen molar-refractivity contribution in [1.29, 1.82) is 0 Å². The molecule has 2 fully saturated rings. The minimum Gasteiger partial charge on any atom is -0.342 e. The van der Waals surface area contributed by atoms with Crippen molar-refractivity contribution in [3.8, 4) is 0 Å². The van der Waals surface area contributed by atoms with Crippen LogP contribution in [0, 0.1) is 11.8 Å². The zero-order valence-electron chi connectivity index (χ0n) is 14.8. The van der Waals surface area contributed by atoms with E-state index in [-0.39, 0.29) is 5.92 Å². The van der Waals surface area contributed by atoms with Gasteiger partial charge in [-0.15, -0.1) is 11.8 Å². The van der Waals surface area contributed by atoms with E-state index in [1.165, 1.54) is 45.6 Å². The Hall–Kier alpha value is -0.260. The van der Waals surface area contributed by atoms with E-state index in [0.29, 0.717) is 11.3 Å². The molecule has 1 amide bonds. The van der Waals surface area contributed by atoms with Crippen molar-refractivity contribution in [2.75, 3.05) is 52.1 Å². The Morgan fingerprint density at radius 2 is 1.64 bits per heavy atom. The summed E-state index contributed by atoms with van der Waals surface area (Å²) < 4.78 is 0. The van der Waals surface area contributed by atoms with Crippen LogP contribution in [0.2, 0.25) is 0 Å². The molecule has 0 saturated carbocycles. The lowest BCUT2D eigenvalue weighted by Gasteiger charge is -2.40. The number of thioether (sulfide) groups is 1. The number of carbonyl (C=O) groups is 1. The van der Waals surface area contributed by atoms with E-state index in [9.17, 15) is 4.79 Å². The van der Waals surface area contributed by atoms with Crippen LogP contribution < -0.4 is 0 Å². The van der Waals surface area contributed by atoms with Crippen molar-refractivity contribution in [2.45, 2.75) is 39.0 Å². The molecule has 2 aliphatic rings. The normalized spacial score (nSPS) is 24.0. The summed E-state index contributed by atoms with van der Waals surface area (Å²) >= 11 is 1.94. The number of nitrogens with zero attached hydrogens (tertiary/aromatic N) is 3. The number of rotatable bonds is 5. The molecule has 22 heavy (non-hydrogen) atoms. The fourth-order valence-electron chi connectivity index (χ4n) is 3.52. The third-order valence-electron chi connectivity index (χ3n) is 5.20. The van der Waals surface area contributed by atoms with Crippen LogP contribution in [0.1, 0.15) is 33.6 Å². The molecule has 0 aromatic carbocycles. The molecule has 0 bridgehead atoms. The standard InChI is InChI=1S/C17H33N3OS/c1-14(2)17(21)20-7-5-16(6-8-20)13-18-9-11-19(12-10-18)15(3)22-4/h14-16H,5-13H2,1-4H3. The van der Waals surface area contributed by atoms with E-state index in [4.69, 9.17) is 0 Å². The second kappa shape index (κ2) is 8.55. The van der Waals surface area contributed by atoms with Crippen LogP contribution in [0.15, 0.2) is 0 Å². The Labute approximate surface area is 140 Å². The lowest BCUT2D eigenvalue weighted by molar-refractivity contribution is -0.135. The molecule has 4 nitrogen and oxygen atoms in total. The summed E-state index contributed by atoms with van der Waals surface area (Å²) in [5.41, 5.74) is 0. The number of likely N-dealkylation sites (tertiary alicyclic amines) is 1. The van der Waals surface area contributed by atoms with Gasteiger partial charge in [-0.3, -0.25) is 9.69 Å². The van der Waals surface area contributed by atoms with Gasteiger partial charge in [0, 0.05) is 51.7 Å². The molecule has 128 valence electrons. The second-order valence-electron chi connectivity index (χ2n) is 7.09. The quantitative estimate of drug-likeness (QED) is 0.773. The van der Waals surface area contributed by atoms with Crippen LogP contribution in [-0.4, -0.2) is 78.0 Å². The van der Waals surface area contributed by atoms with E-state index in [0.717, 1.165) is 19.0 Å². The van der Waals surface area contributed by atoms with Gasteiger partial charge in [-0.2, -0.15) is 0 Å². The van der Waals surface area contributed by atoms with Crippen LogP contribution in [-0.2, 0) is 4.79 Å². The number of piperazine rings is 1. The van der Waals surface area contributed by atoms with Crippen molar-refractivity contribution in [1.82, 2.24) is 14.7 Å². The van der Waals surface area contributed by atoms with Crippen molar-refractivity contribution in [3.05, 3.63) is 0 Å². The van der Waals surface area contributed by atoms with Crippen LogP contribution in [0.5, 0.6) is 0 Å². The number of carbonyl (C=O) groups excluding carboxylic acids is 1. The third kappa shape index (κ3) is 4.87. The van der Waals surface area contributed by atoms with Crippen LogP contribution in [0.3, 0.4) is 0 Å². The Kier molecular flexibility index (Phi) is 7.03. The SMILES string of the molecule is CSC(C)N1CCN(CC2CCN(C(=O)C(C)C)CC2)CC1. The molecule has 0 radical (unpaired) electrons. The maximum Gasteiger partial charge on any atom is 0.225 e. The van der Waals surface area contributed by atoms with Gasteiger partial charge < -0.3 is 9.80 Å². The first-order valence-corrected chi connectivity index (χ1v) is 10.1.